The van der Waals surface area contributed by atoms with Crippen LogP contribution >= 0.6 is 11.3 Å². The first kappa shape index (κ1) is 22.6. The van der Waals surface area contributed by atoms with Crippen LogP contribution in [0.15, 0.2) is 50.9 Å². The normalized spacial score (nSPS) is 16.5. The van der Waals surface area contributed by atoms with Crippen LogP contribution in [0.3, 0.4) is 0 Å². The lowest BCUT2D eigenvalue weighted by Crippen LogP contribution is -2.44. The van der Waals surface area contributed by atoms with Crippen LogP contribution in [0, 0.1) is 0 Å². The maximum Gasteiger partial charge on any atom is 0.332 e. The van der Waals surface area contributed by atoms with Gasteiger partial charge in [0.15, 0.2) is 11.2 Å². The van der Waals surface area contributed by atoms with Gasteiger partial charge in [0.05, 0.1) is 6.54 Å². The summed E-state index contributed by atoms with van der Waals surface area (Å²) < 4.78 is 5.92. The van der Waals surface area contributed by atoms with Crippen LogP contribution in [-0.4, -0.2) is 37.8 Å². The van der Waals surface area contributed by atoms with E-state index in [4.69, 9.17) is 10.7 Å². The van der Waals surface area contributed by atoms with Gasteiger partial charge in [-0.15, -0.1) is 11.3 Å². The quantitative estimate of drug-likeness (QED) is 0.445. The number of aryl methyl sites for hydroxylation is 1. The summed E-state index contributed by atoms with van der Waals surface area (Å²) in [4.78, 5) is 34.1. The second kappa shape index (κ2) is 8.88. The van der Waals surface area contributed by atoms with Gasteiger partial charge in [0.25, 0.3) is 5.56 Å². The lowest BCUT2D eigenvalue weighted by Gasteiger charge is -2.31. The Morgan fingerprint density at radius 1 is 1.24 bits per heavy atom. The Hall–Kier alpha value is -3.17. The molecule has 0 radical (unpaired) electrons. The molecule has 0 saturated carbocycles. The molecule has 2 N–H and O–H groups in total. The molecule has 0 spiro atoms. The summed E-state index contributed by atoms with van der Waals surface area (Å²) in [5.74, 6) is 0.702. The maximum absolute atomic E-state index is 13.8. The molecule has 1 fully saturated rings. The number of thiophene rings is 1. The van der Waals surface area contributed by atoms with Crippen molar-refractivity contribution in [3.05, 3.63) is 67.7 Å². The molecular formula is C25H30N6O2S. The van der Waals surface area contributed by atoms with Crippen LogP contribution in [0.25, 0.3) is 21.3 Å². The highest BCUT2D eigenvalue weighted by Crippen LogP contribution is 2.26. The molecule has 1 unspecified atom stereocenters. The molecule has 178 valence electrons. The molecule has 34 heavy (non-hydrogen) atoms. The number of hydrogen-bond donors (Lipinski definition) is 1. The second-order valence-corrected chi connectivity index (χ2v) is 10.2. The lowest BCUT2D eigenvalue weighted by atomic mass is 10.1. The molecule has 1 saturated heterocycles. The third-order valence-electron chi connectivity index (χ3n) is 6.52. The van der Waals surface area contributed by atoms with Gasteiger partial charge in [0.2, 0.25) is 5.95 Å². The van der Waals surface area contributed by atoms with E-state index < -0.39 is 0 Å². The van der Waals surface area contributed by atoms with Crippen molar-refractivity contribution in [2.24, 2.45) is 12.8 Å². The first-order valence-corrected chi connectivity index (χ1v) is 12.5. The zero-order valence-electron chi connectivity index (χ0n) is 19.8. The largest absolute Gasteiger partial charge is 0.341 e. The Kier molecular flexibility index (Phi) is 5.91. The summed E-state index contributed by atoms with van der Waals surface area (Å²) in [6, 6.07) is 8.13. The highest BCUT2D eigenvalue weighted by Gasteiger charge is 2.26. The van der Waals surface area contributed by atoms with Crippen molar-refractivity contribution in [2.45, 2.75) is 45.8 Å². The Labute approximate surface area is 201 Å². The minimum absolute atomic E-state index is 0.0674. The molecule has 4 aromatic rings. The Morgan fingerprint density at radius 2 is 2.03 bits per heavy atom. The highest BCUT2D eigenvalue weighted by molar-refractivity contribution is 7.17. The summed E-state index contributed by atoms with van der Waals surface area (Å²) in [6.07, 6.45) is 4.03. The summed E-state index contributed by atoms with van der Waals surface area (Å²) in [6.45, 7) is 6.31. The number of aromatic nitrogens is 4. The number of benzene rings is 1. The zero-order valence-corrected chi connectivity index (χ0v) is 20.6. The van der Waals surface area contributed by atoms with Crippen molar-refractivity contribution in [3.8, 4) is 0 Å². The maximum atomic E-state index is 13.8. The molecule has 5 rings (SSSR count). The smallest absolute Gasteiger partial charge is 0.332 e. The molecule has 1 atom stereocenters. The average Bonchev–Trinajstić information content (AvgIpc) is 3.41. The van der Waals surface area contributed by atoms with Gasteiger partial charge in [-0.3, -0.25) is 13.9 Å². The van der Waals surface area contributed by atoms with Crippen molar-refractivity contribution in [3.63, 3.8) is 0 Å². The molecule has 9 heteroatoms. The number of anilines is 1. The highest BCUT2D eigenvalue weighted by atomic mass is 32.1. The van der Waals surface area contributed by atoms with Gasteiger partial charge in [0.1, 0.15) is 0 Å². The molecule has 1 aliphatic rings. The van der Waals surface area contributed by atoms with Gasteiger partial charge in [0, 0.05) is 37.4 Å². The minimum atomic E-state index is -0.360. The van der Waals surface area contributed by atoms with Crippen LogP contribution < -0.4 is 21.9 Å². The number of piperidine rings is 1. The SMILES string of the molecule is CC(C)=CCn1c(N2CCCC(N)C2)nc2c1c(=O)n(Cc1csc3ccccc13)c(=O)n2C. The van der Waals surface area contributed by atoms with Gasteiger partial charge < -0.3 is 15.2 Å². The van der Waals surface area contributed by atoms with Crippen molar-refractivity contribution >= 4 is 38.5 Å². The van der Waals surface area contributed by atoms with E-state index in [9.17, 15) is 9.59 Å². The average molecular weight is 479 g/mol. The number of rotatable bonds is 5. The molecule has 1 aliphatic heterocycles. The van der Waals surface area contributed by atoms with Crippen LogP contribution in [0.1, 0.15) is 32.3 Å². The number of fused-ring (bicyclic) bond motifs is 2. The molecule has 0 aliphatic carbocycles. The minimum Gasteiger partial charge on any atom is -0.341 e. The molecule has 4 heterocycles. The Balaban J connectivity index is 1.71. The molecular weight excluding hydrogens is 448 g/mol. The van der Waals surface area contributed by atoms with Crippen molar-refractivity contribution < 1.29 is 0 Å². The summed E-state index contributed by atoms with van der Waals surface area (Å²) in [5.41, 5.74) is 8.56. The van der Waals surface area contributed by atoms with Gasteiger partial charge in [-0.2, -0.15) is 4.98 Å². The first-order chi connectivity index (χ1) is 16.3. The number of nitrogens with zero attached hydrogens (tertiary/aromatic N) is 5. The lowest BCUT2D eigenvalue weighted by molar-refractivity contribution is 0.495. The molecule has 1 aromatic carbocycles. The number of nitrogens with two attached hydrogens (primary N) is 1. The van der Waals surface area contributed by atoms with Crippen LogP contribution in [-0.2, 0) is 20.1 Å². The fourth-order valence-corrected chi connectivity index (χ4v) is 5.66. The molecule has 0 amide bonds. The standard InChI is InChI=1S/C25H30N6O2S/c1-16(2)10-12-30-21-22(27-24(30)29-11-6-7-18(26)14-29)28(3)25(33)31(23(21)32)13-17-15-34-20-9-5-4-8-19(17)20/h4-5,8-10,15,18H,6-7,11-14,26H2,1-3H3. The monoisotopic (exact) mass is 478 g/mol. The van der Waals surface area contributed by atoms with E-state index in [1.54, 1.807) is 18.4 Å². The summed E-state index contributed by atoms with van der Waals surface area (Å²) in [5, 5.41) is 3.10. The second-order valence-electron chi connectivity index (χ2n) is 9.31. The third kappa shape index (κ3) is 3.88. The van der Waals surface area contributed by atoms with Gasteiger partial charge in [-0.05, 0) is 49.1 Å². The number of imidazole rings is 1. The van der Waals surface area contributed by atoms with E-state index in [0.29, 0.717) is 30.2 Å². The van der Waals surface area contributed by atoms with Gasteiger partial charge in [-0.25, -0.2) is 4.79 Å². The molecule has 3 aromatic heterocycles. The van der Waals surface area contributed by atoms with Crippen molar-refractivity contribution in [2.75, 3.05) is 18.0 Å². The van der Waals surface area contributed by atoms with Crippen molar-refractivity contribution in [1.82, 2.24) is 18.7 Å². The van der Waals surface area contributed by atoms with E-state index in [1.165, 1.54) is 9.13 Å². The number of allylic oxidation sites excluding steroid dienone is 2. The summed E-state index contributed by atoms with van der Waals surface area (Å²) >= 11 is 1.62. The van der Waals surface area contributed by atoms with Gasteiger partial charge in [-0.1, -0.05) is 29.8 Å². The van der Waals surface area contributed by atoms with E-state index in [1.807, 2.05) is 42.0 Å². The van der Waals surface area contributed by atoms with Crippen LogP contribution in [0.5, 0.6) is 0 Å². The zero-order chi connectivity index (χ0) is 24.0. The van der Waals surface area contributed by atoms with Crippen molar-refractivity contribution in [1.29, 1.82) is 0 Å². The third-order valence-corrected chi connectivity index (χ3v) is 7.54. The Morgan fingerprint density at radius 3 is 2.79 bits per heavy atom. The molecule has 0 bridgehead atoms. The van der Waals surface area contributed by atoms with E-state index >= 15 is 0 Å². The van der Waals surface area contributed by atoms with Crippen LogP contribution in [0.4, 0.5) is 5.95 Å². The van der Waals surface area contributed by atoms with E-state index in [-0.39, 0.29) is 23.8 Å². The first-order valence-electron chi connectivity index (χ1n) is 11.6. The number of hydrogen-bond acceptors (Lipinski definition) is 6. The van der Waals surface area contributed by atoms with Gasteiger partial charge >= 0.3 is 5.69 Å². The van der Waals surface area contributed by atoms with E-state index in [2.05, 4.69) is 17.0 Å². The fraction of sp³-hybridized carbons (Fsp3) is 0.400. The van der Waals surface area contributed by atoms with E-state index in [0.717, 1.165) is 40.6 Å². The predicted octanol–water partition coefficient (Wildman–Crippen LogP) is 3.05. The summed E-state index contributed by atoms with van der Waals surface area (Å²) in [7, 11) is 1.69. The Bertz CT molecular complexity index is 1520. The topological polar surface area (TPSA) is 91.1 Å². The predicted molar refractivity (Wildman–Crippen MR) is 139 cm³/mol. The van der Waals surface area contributed by atoms with Crippen LogP contribution in [0.2, 0.25) is 0 Å². The fourth-order valence-electron chi connectivity index (χ4n) is 4.70. The molecule has 8 nitrogen and oxygen atoms in total.